The molecular formula is C7H4ClNO3S. The van der Waals surface area contributed by atoms with Crippen LogP contribution in [-0.2, 0) is 9.33 Å². The molecule has 0 aliphatic heterocycles. The zero-order chi connectivity index (χ0) is 9.90. The lowest BCUT2D eigenvalue weighted by Gasteiger charge is -1.99. The first-order valence-corrected chi connectivity index (χ1v) is 5.39. The van der Waals surface area contributed by atoms with Gasteiger partial charge in [0.05, 0.1) is 22.3 Å². The molecule has 6 heteroatoms. The summed E-state index contributed by atoms with van der Waals surface area (Å²) in [6.07, 6.45) is 0. The lowest BCUT2D eigenvalue weighted by Crippen LogP contribution is -1.99. The highest BCUT2D eigenvalue weighted by Gasteiger charge is 2.06. The average Bonchev–Trinajstić information content (AvgIpc) is 2.03. The predicted molar refractivity (Wildman–Crippen MR) is 46.6 cm³/mol. The number of nitriles is 1. The van der Waals surface area contributed by atoms with E-state index in [0.29, 0.717) is 5.56 Å². The van der Waals surface area contributed by atoms with Gasteiger partial charge in [-0.3, -0.25) is 0 Å². The molecule has 4 nitrogen and oxygen atoms in total. The van der Waals surface area contributed by atoms with E-state index in [1.54, 1.807) is 0 Å². The molecule has 0 spiro atoms. The fourth-order valence-corrected chi connectivity index (χ4v) is 1.26. The molecule has 0 aromatic heterocycles. The van der Waals surface area contributed by atoms with Gasteiger partial charge in [-0.1, -0.05) is 0 Å². The van der Waals surface area contributed by atoms with Gasteiger partial charge in [0, 0.05) is 0 Å². The summed E-state index contributed by atoms with van der Waals surface area (Å²) >= 11 is 0. The molecule has 0 saturated heterocycles. The molecule has 68 valence electrons. The molecule has 1 aromatic rings. The van der Waals surface area contributed by atoms with Crippen LogP contribution in [0.4, 0.5) is 0 Å². The van der Waals surface area contributed by atoms with Gasteiger partial charge >= 0.3 is 9.33 Å². The van der Waals surface area contributed by atoms with Crippen LogP contribution in [0.5, 0.6) is 5.75 Å². The van der Waals surface area contributed by atoms with Gasteiger partial charge in [0.1, 0.15) is 5.75 Å². The van der Waals surface area contributed by atoms with E-state index in [-0.39, 0.29) is 5.75 Å². The van der Waals surface area contributed by atoms with Gasteiger partial charge in [-0.15, -0.1) is 0 Å². The van der Waals surface area contributed by atoms with E-state index in [2.05, 4.69) is 4.18 Å². The smallest absolute Gasteiger partial charge is 0.371 e. The number of hydrogen-bond donors (Lipinski definition) is 0. The maximum absolute atomic E-state index is 10.4. The van der Waals surface area contributed by atoms with Crippen molar-refractivity contribution >= 4 is 20.0 Å². The zero-order valence-corrected chi connectivity index (χ0v) is 7.84. The van der Waals surface area contributed by atoms with E-state index in [4.69, 9.17) is 15.9 Å². The number of hydrogen-bond acceptors (Lipinski definition) is 4. The Morgan fingerprint density at radius 2 is 1.85 bits per heavy atom. The Morgan fingerprint density at radius 1 is 1.31 bits per heavy atom. The van der Waals surface area contributed by atoms with E-state index < -0.39 is 9.33 Å². The highest BCUT2D eigenvalue weighted by atomic mass is 35.7. The van der Waals surface area contributed by atoms with Crippen LogP contribution in [0.3, 0.4) is 0 Å². The first-order chi connectivity index (χ1) is 6.01. The lowest BCUT2D eigenvalue weighted by atomic mass is 10.2. The molecule has 0 heterocycles. The number of benzene rings is 1. The fraction of sp³-hybridized carbons (Fsp3) is 0. The molecule has 1 aromatic carbocycles. The minimum Gasteiger partial charge on any atom is -0.371 e. The van der Waals surface area contributed by atoms with Crippen molar-refractivity contribution in [1.82, 2.24) is 0 Å². The molecule has 0 atom stereocenters. The van der Waals surface area contributed by atoms with E-state index in [1.165, 1.54) is 24.3 Å². The Kier molecular flexibility index (Phi) is 2.76. The summed E-state index contributed by atoms with van der Waals surface area (Å²) in [6.45, 7) is 0. The van der Waals surface area contributed by atoms with Gasteiger partial charge < -0.3 is 4.18 Å². The second kappa shape index (κ2) is 3.64. The summed E-state index contributed by atoms with van der Waals surface area (Å²) in [7, 11) is 0.819. The van der Waals surface area contributed by atoms with Crippen LogP contribution in [0.2, 0.25) is 0 Å². The standard InChI is InChI=1S/C7H4ClNO3S/c8-13(10,11)12-7-3-1-6(5-9)2-4-7/h1-4H. The van der Waals surface area contributed by atoms with E-state index >= 15 is 0 Å². The van der Waals surface area contributed by atoms with E-state index in [1.807, 2.05) is 6.07 Å². The summed E-state index contributed by atoms with van der Waals surface area (Å²) < 4.78 is 25.2. The Labute approximate surface area is 79.9 Å². The van der Waals surface area contributed by atoms with Crippen molar-refractivity contribution in [2.45, 2.75) is 0 Å². The van der Waals surface area contributed by atoms with Crippen LogP contribution in [0.25, 0.3) is 0 Å². The molecule has 1 rings (SSSR count). The topological polar surface area (TPSA) is 67.2 Å². The van der Waals surface area contributed by atoms with Gasteiger partial charge in [-0.05, 0) is 24.3 Å². The van der Waals surface area contributed by atoms with Crippen molar-refractivity contribution < 1.29 is 12.6 Å². The highest BCUT2D eigenvalue weighted by molar-refractivity contribution is 8.10. The number of halogens is 1. The van der Waals surface area contributed by atoms with Crippen LogP contribution in [-0.4, -0.2) is 8.42 Å². The largest absolute Gasteiger partial charge is 0.401 e. The quantitative estimate of drug-likeness (QED) is 0.703. The maximum atomic E-state index is 10.4. The van der Waals surface area contributed by atoms with Crippen molar-refractivity contribution in [3.8, 4) is 11.8 Å². The monoisotopic (exact) mass is 217 g/mol. The fourth-order valence-electron chi connectivity index (χ4n) is 0.700. The number of rotatable bonds is 2. The van der Waals surface area contributed by atoms with Crippen LogP contribution < -0.4 is 4.18 Å². The third-order valence-corrected chi connectivity index (χ3v) is 1.76. The molecule has 0 saturated carbocycles. The van der Waals surface area contributed by atoms with Crippen LogP contribution in [0.15, 0.2) is 24.3 Å². The SMILES string of the molecule is N#Cc1ccc(OS(=O)(=O)Cl)cc1. The van der Waals surface area contributed by atoms with E-state index in [9.17, 15) is 8.42 Å². The van der Waals surface area contributed by atoms with Crippen molar-refractivity contribution in [1.29, 1.82) is 5.26 Å². The van der Waals surface area contributed by atoms with Crippen LogP contribution in [0, 0.1) is 11.3 Å². The summed E-state index contributed by atoms with van der Waals surface area (Å²) in [5.74, 6) is 0.0778. The summed E-state index contributed by atoms with van der Waals surface area (Å²) in [5, 5.41) is 8.43. The van der Waals surface area contributed by atoms with Crippen molar-refractivity contribution in [2.24, 2.45) is 0 Å². The van der Waals surface area contributed by atoms with Crippen molar-refractivity contribution in [3.63, 3.8) is 0 Å². The minimum absolute atomic E-state index is 0.0778. The maximum Gasteiger partial charge on any atom is 0.401 e. The second-order valence-corrected chi connectivity index (χ2v) is 4.20. The number of nitrogens with zero attached hydrogens (tertiary/aromatic N) is 1. The minimum atomic E-state index is -4.01. The summed E-state index contributed by atoms with van der Waals surface area (Å²) in [5.41, 5.74) is 0.416. The molecule has 0 unspecified atom stereocenters. The second-order valence-electron chi connectivity index (χ2n) is 2.11. The molecule has 0 radical (unpaired) electrons. The summed E-state index contributed by atoms with van der Waals surface area (Å²) in [4.78, 5) is 0. The molecule has 0 aliphatic rings. The van der Waals surface area contributed by atoms with Crippen molar-refractivity contribution in [2.75, 3.05) is 0 Å². The average molecular weight is 218 g/mol. The first-order valence-electron chi connectivity index (χ1n) is 3.15. The van der Waals surface area contributed by atoms with Crippen LogP contribution >= 0.6 is 10.7 Å². The first kappa shape index (κ1) is 9.84. The zero-order valence-electron chi connectivity index (χ0n) is 6.27. The molecule has 0 N–H and O–H groups in total. The van der Waals surface area contributed by atoms with Gasteiger partial charge in [-0.2, -0.15) is 13.7 Å². The third-order valence-electron chi connectivity index (χ3n) is 1.18. The summed E-state index contributed by atoms with van der Waals surface area (Å²) in [6, 6.07) is 7.43. The highest BCUT2D eigenvalue weighted by Crippen LogP contribution is 2.15. The van der Waals surface area contributed by atoms with E-state index in [0.717, 1.165) is 0 Å². The van der Waals surface area contributed by atoms with Gasteiger partial charge in [-0.25, -0.2) is 0 Å². The molecule has 0 aliphatic carbocycles. The van der Waals surface area contributed by atoms with Gasteiger partial charge in [0.15, 0.2) is 0 Å². The Bertz CT molecular complexity index is 432. The molecular weight excluding hydrogens is 214 g/mol. The molecule has 13 heavy (non-hydrogen) atoms. The van der Waals surface area contributed by atoms with Gasteiger partial charge in [0.2, 0.25) is 0 Å². The Hall–Kier alpha value is -1.25. The molecule has 0 bridgehead atoms. The van der Waals surface area contributed by atoms with Gasteiger partial charge in [0.25, 0.3) is 0 Å². The van der Waals surface area contributed by atoms with Crippen LogP contribution in [0.1, 0.15) is 5.56 Å². The van der Waals surface area contributed by atoms with Crippen molar-refractivity contribution in [3.05, 3.63) is 29.8 Å². The molecule has 0 fully saturated rings. The third kappa shape index (κ3) is 3.32. The normalized spacial score (nSPS) is 10.5. The molecule has 0 amide bonds. The lowest BCUT2D eigenvalue weighted by molar-refractivity contribution is 0.503. The Balaban J connectivity index is 2.89. The Morgan fingerprint density at radius 3 is 2.23 bits per heavy atom. The predicted octanol–water partition coefficient (Wildman–Crippen LogP) is 1.42.